The van der Waals surface area contributed by atoms with E-state index >= 15 is 0 Å². The Labute approximate surface area is 136 Å². The van der Waals surface area contributed by atoms with E-state index in [1.807, 2.05) is 13.0 Å². The SMILES string of the molecule is CCN(c1cccc(C)c1)S(=O)(=O)c1ccc(C)c(C(=O)O)c1. The zero-order valence-corrected chi connectivity index (χ0v) is 14.1. The lowest BCUT2D eigenvalue weighted by Crippen LogP contribution is -2.31. The summed E-state index contributed by atoms with van der Waals surface area (Å²) >= 11 is 0. The van der Waals surface area contributed by atoms with E-state index in [4.69, 9.17) is 0 Å². The van der Waals surface area contributed by atoms with Gasteiger partial charge in [0.25, 0.3) is 10.0 Å². The Morgan fingerprint density at radius 3 is 2.39 bits per heavy atom. The number of nitrogens with zero attached hydrogens (tertiary/aromatic N) is 1. The smallest absolute Gasteiger partial charge is 0.335 e. The fourth-order valence-corrected chi connectivity index (χ4v) is 3.89. The third-order valence-electron chi connectivity index (χ3n) is 3.60. The summed E-state index contributed by atoms with van der Waals surface area (Å²) in [4.78, 5) is 11.2. The first-order chi connectivity index (χ1) is 10.8. The van der Waals surface area contributed by atoms with Crippen LogP contribution in [0.5, 0.6) is 0 Å². The number of carboxylic acid groups (broad SMARTS) is 1. The number of benzene rings is 2. The summed E-state index contributed by atoms with van der Waals surface area (Å²) in [6, 6.07) is 11.4. The van der Waals surface area contributed by atoms with Gasteiger partial charge in [-0.25, -0.2) is 13.2 Å². The minimum Gasteiger partial charge on any atom is -0.478 e. The molecule has 2 rings (SSSR count). The van der Waals surface area contributed by atoms with E-state index in [0.717, 1.165) is 5.56 Å². The van der Waals surface area contributed by atoms with Gasteiger partial charge in [0.15, 0.2) is 0 Å². The molecule has 2 aromatic carbocycles. The molecule has 0 atom stereocenters. The highest BCUT2D eigenvalue weighted by atomic mass is 32.2. The number of sulfonamides is 1. The minimum atomic E-state index is -3.82. The Morgan fingerprint density at radius 2 is 1.83 bits per heavy atom. The average molecular weight is 333 g/mol. The molecule has 23 heavy (non-hydrogen) atoms. The van der Waals surface area contributed by atoms with Gasteiger partial charge >= 0.3 is 5.97 Å². The van der Waals surface area contributed by atoms with Crippen molar-refractivity contribution in [1.82, 2.24) is 0 Å². The van der Waals surface area contributed by atoms with Crippen molar-refractivity contribution in [3.63, 3.8) is 0 Å². The van der Waals surface area contributed by atoms with Crippen LogP contribution in [0.15, 0.2) is 47.4 Å². The summed E-state index contributed by atoms with van der Waals surface area (Å²) in [6.45, 7) is 5.52. The molecule has 0 heterocycles. The van der Waals surface area contributed by atoms with Crippen molar-refractivity contribution >= 4 is 21.7 Å². The van der Waals surface area contributed by atoms with Crippen LogP contribution in [0.4, 0.5) is 5.69 Å². The number of carbonyl (C=O) groups is 1. The highest BCUT2D eigenvalue weighted by molar-refractivity contribution is 7.92. The number of carboxylic acids is 1. The lowest BCUT2D eigenvalue weighted by Gasteiger charge is -2.23. The number of hydrogen-bond donors (Lipinski definition) is 1. The first-order valence-corrected chi connectivity index (χ1v) is 8.64. The normalized spacial score (nSPS) is 11.3. The van der Waals surface area contributed by atoms with Gasteiger partial charge in [-0.3, -0.25) is 4.31 Å². The van der Waals surface area contributed by atoms with Crippen LogP contribution in [0.1, 0.15) is 28.4 Å². The third kappa shape index (κ3) is 3.37. The fraction of sp³-hybridized carbons (Fsp3) is 0.235. The summed E-state index contributed by atoms with van der Waals surface area (Å²) in [7, 11) is -3.82. The Kier molecular flexibility index (Phi) is 4.75. The van der Waals surface area contributed by atoms with Gasteiger partial charge in [0.05, 0.1) is 16.1 Å². The lowest BCUT2D eigenvalue weighted by atomic mass is 10.1. The quantitative estimate of drug-likeness (QED) is 0.911. The topological polar surface area (TPSA) is 74.7 Å². The van der Waals surface area contributed by atoms with Gasteiger partial charge < -0.3 is 5.11 Å². The molecule has 0 aliphatic rings. The minimum absolute atomic E-state index is 0.00799. The fourth-order valence-electron chi connectivity index (χ4n) is 2.39. The first kappa shape index (κ1) is 17.0. The van der Waals surface area contributed by atoms with Crippen LogP contribution in [0.3, 0.4) is 0 Å². The molecule has 0 saturated carbocycles. The molecule has 0 unspecified atom stereocenters. The molecule has 122 valence electrons. The standard InChI is InChI=1S/C17H19NO4S/c1-4-18(14-7-5-6-12(2)10-14)23(21,22)15-9-8-13(3)16(11-15)17(19)20/h5-11H,4H2,1-3H3,(H,19,20). The van der Waals surface area contributed by atoms with Crippen LogP contribution in [0.2, 0.25) is 0 Å². The summed E-state index contributed by atoms with van der Waals surface area (Å²) in [5.41, 5.74) is 2.03. The van der Waals surface area contributed by atoms with Gasteiger partial charge in [0.1, 0.15) is 0 Å². The van der Waals surface area contributed by atoms with Crippen molar-refractivity contribution < 1.29 is 18.3 Å². The molecule has 0 radical (unpaired) electrons. The number of anilines is 1. The highest BCUT2D eigenvalue weighted by Gasteiger charge is 2.25. The first-order valence-electron chi connectivity index (χ1n) is 7.20. The van der Waals surface area contributed by atoms with E-state index in [1.54, 1.807) is 32.0 Å². The molecule has 2 aromatic rings. The molecule has 0 aromatic heterocycles. The van der Waals surface area contributed by atoms with Crippen molar-refractivity contribution in [1.29, 1.82) is 0 Å². The maximum Gasteiger partial charge on any atom is 0.335 e. The molecule has 6 heteroatoms. The van der Waals surface area contributed by atoms with Gasteiger partial charge in [0, 0.05) is 6.54 Å². The number of aromatic carboxylic acids is 1. The van der Waals surface area contributed by atoms with E-state index in [-0.39, 0.29) is 17.0 Å². The van der Waals surface area contributed by atoms with Gasteiger partial charge in [-0.15, -0.1) is 0 Å². The molecule has 0 aliphatic carbocycles. The molecule has 0 amide bonds. The maximum absolute atomic E-state index is 12.9. The average Bonchev–Trinajstić information content (AvgIpc) is 2.47. The Balaban J connectivity index is 2.56. The van der Waals surface area contributed by atoms with Crippen LogP contribution < -0.4 is 4.31 Å². The van der Waals surface area contributed by atoms with E-state index in [2.05, 4.69) is 0 Å². The van der Waals surface area contributed by atoms with Gasteiger partial charge in [0.2, 0.25) is 0 Å². The maximum atomic E-state index is 12.9. The van der Waals surface area contributed by atoms with Crippen molar-refractivity contribution in [2.24, 2.45) is 0 Å². The van der Waals surface area contributed by atoms with Crippen molar-refractivity contribution in [2.75, 3.05) is 10.8 Å². The van der Waals surface area contributed by atoms with Crippen LogP contribution in [0, 0.1) is 13.8 Å². The van der Waals surface area contributed by atoms with E-state index < -0.39 is 16.0 Å². The zero-order valence-electron chi connectivity index (χ0n) is 13.3. The third-order valence-corrected chi connectivity index (χ3v) is 5.50. The monoisotopic (exact) mass is 333 g/mol. The predicted molar refractivity (Wildman–Crippen MR) is 89.5 cm³/mol. The number of aryl methyl sites for hydroxylation is 2. The lowest BCUT2D eigenvalue weighted by molar-refractivity contribution is 0.0696. The molecular formula is C17H19NO4S. The number of hydrogen-bond acceptors (Lipinski definition) is 3. The van der Waals surface area contributed by atoms with Crippen LogP contribution in [-0.4, -0.2) is 26.0 Å². The Hall–Kier alpha value is -2.34. The van der Waals surface area contributed by atoms with Crippen molar-refractivity contribution in [2.45, 2.75) is 25.7 Å². The van der Waals surface area contributed by atoms with E-state index in [1.165, 1.54) is 22.5 Å². The van der Waals surface area contributed by atoms with Gasteiger partial charge in [-0.05, 0) is 56.2 Å². The summed E-state index contributed by atoms with van der Waals surface area (Å²) in [5.74, 6) is -1.14. The van der Waals surface area contributed by atoms with Gasteiger partial charge in [-0.1, -0.05) is 18.2 Å². The number of rotatable bonds is 5. The van der Waals surface area contributed by atoms with Crippen molar-refractivity contribution in [3.05, 3.63) is 59.2 Å². The second kappa shape index (κ2) is 6.42. The molecule has 5 nitrogen and oxygen atoms in total. The second-order valence-corrected chi connectivity index (χ2v) is 7.15. The molecule has 0 bridgehead atoms. The van der Waals surface area contributed by atoms with Crippen LogP contribution >= 0.6 is 0 Å². The van der Waals surface area contributed by atoms with E-state index in [9.17, 15) is 18.3 Å². The van der Waals surface area contributed by atoms with Crippen molar-refractivity contribution in [3.8, 4) is 0 Å². The molecule has 1 N–H and O–H groups in total. The molecule has 0 saturated heterocycles. The summed E-state index contributed by atoms with van der Waals surface area (Å²) in [6.07, 6.45) is 0. The zero-order chi connectivity index (χ0) is 17.2. The van der Waals surface area contributed by atoms with Gasteiger partial charge in [-0.2, -0.15) is 0 Å². The molecule has 0 spiro atoms. The van der Waals surface area contributed by atoms with Crippen LogP contribution in [0.25, 0.3) is 0 Å². The summed E-state index contributed by atoms with van der Waals surface area (Å²) < 4.78 is 27.1. The largest absolute Gasteiger partial charge is 0.478 e. The molecule has 0 aliphatic heterocycles. The van der Waals surface area contributed by atoms with E-state index in [0.29, 0.717) is 11.3 Å². The molecule has 0 fully saturated rings. The molecular weight excluding hydrogens is 314 g/mol. The Morgan fingerprint density at radius 1 is 1.13 bits per heavy atom. The second-order valence-electron chi connectivity index (χ2n) is 5.29. The predicted octanol–water partition coefficient (Wildman–Crippen LogP) is 3.22. The highest BCUT2D eigenvalue weighted by Crippen LogP contribution is 2.25. The van der Waals surface area contributed by atoms with Crippen LogP contribution in [-0.2, 0) is 10.0 Å². The Bertz CT molecular complexity index is 843. The summed E-state index contributed by atoms with van der Waals surface area (Å²) in [5, 5.41) is 9.20.